The van der Waals surface area contributed by atoms with Crippen LogP contribution >= 0.6 is 0 Å². The molecular weight excluding hydrogens is 148 g/mol. The summed E-state index contributed by atoms with van der Waals surface area (Å²) in [7, 11) is 0. The third kappa shape index (κ3) is 1.76. The number of piperazine rings is 1. The highest BCUT2D eigenvalue weighted by Gasteiger charge is 2.14. The summed E-state index contributed by atoms with van der Waals surface area (Å²) < 4.78 is 0. The third-order valence-electron chi connectivity index (χ3n) is 2.47. The van der Waals surface area contributed by atoms with Gasteiger partial charge in [0.25, 0.3) is 0 Å². The standard InChI is InChI=1S/C10H16N2/c1-2-4-9(5-3-1)10-8-11-6-7-12-10/h2,4-5,10-12H,1,3,6-8H2/t10-/m0/s1. The maximum absolute atomic E-state index is 3.51. The van der Waals surface area contributed by atoms with Crippen LogP contribution in [-0.4, -0.2) is 25.7 Å². The third-order valence-corrected chi connectivity index (χ3v) is 2.47. The van der Waals surface area contributed by atoms with Crippen LogP contribution in [0.3, 0.4) is 0 Å². The molecule has 2 N–H and O–H groups in total. The van der Waals surface area contributed by atoms with Crippen molar-refractivity contribution in [3.8, 4) is 0 Å². The van der Waals surface area contributed by atoms with Crippen molar-refractivity contribution >= 4 is 0 Å². The quantitative estimate of drug-likeness (QED) is 0.599. The normalized spacial score (nSPS) is 30.0. The fourth-order valence-corrected chi connectivity index (χ4v) is 1.78. The second kappa shape index (κ2) is 3.87. The summed E-state index contributed by atoms with van der Waals surface area (Å²) >= 11 is 0. The second-order valence-electron chi connectivity index (χ2n) is 3.39. The van der Waals surface area contributed by atoms with Crippen LogP contribution in [0.25, 0.3) is 0 Å². The molecule has 12 heavy (non-hydrogen) atoms. The Morgan fingerprint density at radius 2 is 2.25 bits per heavy atom. The van der Waals surface area contributed by atoms with E-state index in [-0.39, 0.29) is 0 Å². The van der Waals surface area contributed by atoms with Crippen molar-refractivity contribution in [2.24, 2.45) is 0 Å². The fraction of sp³-hybridized carbons (Fsp3) is 0.600. The highest BCUT2D eigenvalue weighted by molar-refractivity contribution is 5.28. The van der Waals surface area contributed by atoms with Gasteiger partial charge in [-0.3, -0.25) is 0 Å². The van der Waals surface area contributed by atoms with E-state index in [1.807, 2.05) is 0 Å². The molecule has 66 valence electrons. The van der Waals surface area contributed by atoms with Gasteiger partial charge in [0.15, 0.2) is 0 Å². The Hall–Kier alpha value is -0.600. The van der Waals surface area contributed by atoms with Gasteiger partial charge in [0.1, 0.15) is 0 Å². The Kier molecular flexibility index (Phi) is 2.59. The number of hydrogen-bond acceptors (Lipinski definition) is 2. The summed E-state index contributed by atoms with van der Waals surface area (Å²) in [5.74, 6) is 0. The van der Waals surface area contributed by atoms with Crippen LogP contribution in [0.2, 0.25) is 0 Å². The number of nitrogens with one attached hydrogen (secondary N) is 2. The zero-order valence-corrected chi connectivity index (χ0v) is 7.34. The molecule has 0 aromatic rings. The van der Waals surface area contributed by atoms with Gasteiger partial charge in [-0.1, -0.05) is 18.2 Å². The van der Waals surface area contributed by atoms with Gasteiger partial charge in [-0.05, 0) is 18.4 Å². The van der Waals surface area contributed by atoms with Gasteiger partial charge in [0.2, 0.25) is 0 Å². The Labute approximate surface area is 73.7 Å². The highest BCUT2D eigenvalue weighted by Crippen LogP contribution is 2.13. The summed E-state index contributed by atoms with van der Waals surface area (Å²) in [5.41, 5.74) is 1.47. The van der Waals surface area contributed by atoms with E-state index in [1.165, 1.54) is 18.4 Å². The lowest BCUT2D eigenvalue weighted by Crippen LogP contribution is -2.49. The fourth-order valence-electron chi connectivity index (χ4n) is 1.78. The molecular formula is C10H16N2. The molecule has 2 nitrogen and oxygen atoms in total. The Morgan fingerprint density at radius 1 is 1.25 bits per heavy atom. The number of hydrogen-bond donors (Lipinski definition) is 2. The molecule has 0 spiro atoms. The summed E-state index contributed by atoms with van der Waals surface area (Å²) in [5, 5.41) is 6.90. The molecule has 0 saturated carbocycles. The van der Waals surface area contributed by atoms with Crippen molar-refractivity contribution in [2.45, 2.75) is 18.9 Å². The molecule has 1 heterocycles. The largest absolute Gasteiger partial charge is 0.314 e. The molecule has 1 fully saturated rings. The molecule has 2 aliphatic rings. The Morgan fingerprint density at radius 3 is 2.92 bits per heavy atom. The van der Waals surface area contributed by atoms with Gasteiger partial charge in [0, 0.05) is 25.7 Å². The monoisotopic (exact) mass is 164 g/mol. The molecule has 1 aliphatic heterocycles. The predicted octanol–water partition coefficient (Wildman–Crippen LogP) is 0.824. The van der Waals surface area contributed by atoms with E-state index in [1.54, 1.807) is 0 Å². The summed E-state index contributed by atoms with van der Waals surface area (Å²) in [6.45, 7) is 3.28. The van der Waals surface area contributed by atoms with Gasteiger partial charge < -0.3 is 10.6 Å². The molecule has 0 bridgehead atoms. The minimum Gasteiger partial charge on any atom is -0.314 e. The van der Waals surface area contributed by atoms with Crippen molar-refractivity contribution < 1.29 is 0 Å². The minimum atomic E-state index is 0.551. The first-order valence-electron chi connectivity index (χ1n) is 4.77. The molecule has 1 aliphatic carbocycles. The van der Waals surface area contributed by atoms with Crippen LogP contribution in [0.15, 0.2) is 23.8 Å². The first-order chi connectivity index (χ1) is 5.97. The van der Waals surface area contributed by atoms with Gasteiger partial charge in [-0.25, -0.2) is 0 Å². The first kappa shape index (κ1) is 8.02. The van der Waals surface area contributed by atoms with E-state index in [4.69, 9.17) is 0 Å². The maximum Gasteiger partial charge on any atom is 0.0443 e. The van der Waals surface area contributed by atoms with Crippen molar-refractivity contribution in [3.63, 3.8) is 0 Å². The van der Waals surface area contributed by atoms with Crippen molar-refractivity contribution in [3.05, 3.63) is 23.8 Å². The molecule has 0 radical (unpaired) electrons. The average molecular weight is 164 g/mol. The van der Waals surface area contributed by atoms with Crippen LogP contribution < -0.4 is 10.6 Å². The SMILES string of the molecule is C1=CC([C@@H]2CNCCN2)=CCC1. The lowest BCUT2D eigenvalue weighted by atomic mass is 9.99. The van der Waals surface area contributed by atoms with Crippen molar-refractivity contribution in [1.82, 2.24) is 10.6 Å². The van der Waals surface area contributed by atoms with Crippen molar-refractivity contribution in [2.75, 3.05) is 19.6 Å². The smallest absolute Gasteiger partial charge is 0.0443 e. The Balaban J connectivity index is 1.97. The molecule has 1 atom stereocenters. The van der Waals surface area contributed by atoms with E-state index >= 15 is 0 Å². The lowest BCUT2D eigenvalue weighted by molar-refractivity contribution is 0.460. The lowest BCUT2D eigenvalue weighted by Gasteiger charge is -2.26. The maximum atomic E-state index is 3.51. The number of allylic oxidation sites excluding steroid dienone is 2. The van der Waals surface area contributed by atoms with Crippen LogP contribution in [0.1, 0.15) is 12.8 Å². The van der Waals surface area contributed by atoms with Crippen LogP contribution in [-0.2, 0) is 0 Å². The van der Waals surface area contributed by atoms with Crippen LogP contribution in [0, 0.1) is 0 Å². The minimum absolute atomic E-state index is 0.551. The van der Waals surface area contributed by atoms with E-state index in [9.17, 15) is 0 Å². The topological polar surface area (TPSA) is 24.1 Å². The van der Waals surface area contributed by atoms with E-state index in [0.29, 0.717) is 6.04 Å². The molecule has 2 rings (SSSR count). The molecule has 2 heteroatoms. The second-order valence-corrected chi connectivity index (χ2v) is 3.39. The zero-order valence-electron chi connectivity index (χ0n) is 7.34. The van der Waals surface area contributed by atoms with E-state index < -0.39 is 0 Å². The van der Waals surface area contributed by atoms with Crippen molar-refractivity contribution in [1.29, 1.82) is 0 Å². The molecule has 0 aromatic carbocycles. The molecule has 1 saturated heterocycles. The summed E-state index contributed by atoms with van der Waals surface area (Å²) in [4.78, 5) is 0. The summed E-state index contributed by atoms with van der Waals surface area (Å²) in [6, 6.07) is 0.551. The van der Waals surface area contributed by atoms with Gasteiger partial charge in [-0.2, -0.15) is 0 Å². The molecule has 0 unspecified atom stereocenters. The average Bonchev–Trinajstić information content (AvgIpc) is 2.21. The van der Waals surface area contributed by atoms with E-state index in [2.05, 4.69) is 28.9 Å². The molecule has 0 amide bonds. The number of rotatable bonds is 1. The van der Waals surface area contributed by atoms with Gasteiger partial charge >= 0.3 is 0 Å². The Bertz CT molecular complexity index is 200. The highest BCUT2D eigenvalue weighted by atomic mass is 15.1. The predicted molar refractivity (Wildman–Crippen MR) is 51.1 cm³/mol. The van der Waals surface area contributed by atoms with Crippen LogP contribution in [0.4, 0.5) is 0 Å². The van der Waals surface area contributed by atoms with Crippen LogP contribution in [0.5, 0.6) is 0 Å². The van der Waals surface area contributed by atoms with Gasteiger partial charge in [0.05, 0.1) is 0 Å². The van der Waals surface area contributed by atoms with E-state index in [0.717, 1.165) is 19.6 Å². The molecule has 0 aromatic heterocycles. The van der Waals surface area contributed by atoms with Gasteiger partial charge in [-0.15, -0.1) is 0 Å². The summed E-state index contributed by atoms with van der Waals surface area (Å²) in [6.07, 6.45) is 9.30. The zero-order chi connectivity index (χ0) is 8.23. The first-order valence-corrected chi connectivity index (χ1v) is 4.77.